The summed E-state index contributed by atoms with van der Waals surface area (Å²) in [7, 11) is -4.23. The summed E-state index contributed by atoms with van der Waals surface area (Å²) in [6, 6.07) is 0. The molecule has 0 amide bonds. The molecule has 0 rings (SSSR count). The van der Waals surface area contributed by atoms with Crippen LogP contribution in [0.15, 0.2) is 0 Å². The second-order valence-corrected chi connectivity index (χ2v) is 6.40. The van der Waals surface area contributed by atoms with Crippen molar-refractivity contribution in [1.82, 2.24) is 9.44 Å². The third kappa shape index (κ3) is 7.85. The first-order chi connectivity index (χ1) is 7.89. The lowest BCUT2D eigenvalue weighted by Crippen LogP contribution is -2.56. The molecule has 0 aliphatic heterocycles. The Labute approximate surface area is 105 Å². The van der Waals surface area contributed by atoms with Gasteiger partial charge in [-0.05, 0) is 19.3 Å². The highest BCUT2D eigenvalue weighted by molar-refractivity contribution is 7.87. The van der Waals surface area contributed by atoms with E-state index in [0.29, 0.717) is 6.42 Å². The summed E-state index contributed by atoms with van der Waals surface area (Å²) >= 11 is 0. The van der Waals surface area contributed by atoms with Gasteiger partial charge in [0.2, 0.25) is 0 Å². The van der Waals surface area contributed by atoms with Gasteiger partial charge in [-0.15, -0.1) is 0 Å². The van der Waals surface area contributed by atoms with Crippen LogP contribution in [-0.2, 0) is 10.2 Å². The third-order valence-electron chi connectivity index (χ3n) is 2.15. The summed E-state index contributed by atoms with van der Waals surface area (Å²) in [5, 5.41) is 0. The molecule has 110 valence electrons. The second kappa shape index (κ2) is 6.18. The normalized spacial score (nSPS) is 16.9. The fourth-order valence-corrected chi connectivity index (χ4v) is 2.85. The monoisotopic (exact) mass is 291 g/mol. The van der Waals surface area contributed by atoms with Crippen LogP contribution in [0.2, 0.25) is 0 Å². The molecule has 0 aromatic rings. The van der Waals surface area contributed by atoms with Crippen LogP contribution in [0.3, 0.4) is 0 Å². The lowest BCUT2D eigenvalue weighted by molar-refractivity contribution is -0.121. The molecule has 0 saturated heterocycles. The number of alkyl halides is 3. The predicted molar refractivity (Wildman–Crippen MR) is 63.0 cm³/mol. The van der Waals surface area contributed by atoms with Gasteiger partial charge in [-0.1, -0.05) is 13.8 Å². The lowest BCUT2D eigenvalue weighted by atomic mass is 9.92. The number of hydrogen-bond acceptors (Lipinski definition) is 3. The molecular weight excluding hydrogens is 271 g/mol. The molecule has 4 N–H and O–H groups in total. The van der Waals surface area contributed by atoms with Gasteiger partial charge < -0.3 is 5.73 Å². The van der Waals surface area contributed by atoms with E-state index in [4.69, 9.17) is 5.73 Å². The molecule has 0 aromatic carbocycles. The van der Waals surface area contributed by atoms with Gasteiger partial charge >= 0.3 is 6.18 Å². The van der Waals surface area contributed by atoms with Gasteiger partial charge in [0.25, 0.3) is 10.2 Å². The van der Waals surface area contributed by atoms with Gasteiger partial charge in [0.15, 0.2) is 0 Å². The summed E-state index contributed by atoms with van der Waals surface area (Å²) in [6.07, 6.45) is -4.16. The van der Waals surface area contributed by atoms with Crippen molar-refractivity contribution in [1.29, 1.82) is 0 Å². The summed E-state index contributed by atoms with van der Waals surface area (Å²) in [6.45, 7) is 3.68. The topological polar surface area (TPSA) is 84.2 Å². The quantitative estimate of drug-likeness (QED) is 0.647. The highest BCUT2D eigenvalue weighted by Gasteiger charge is 2.33. The summed E-state index contributed by atoms with van der Waals surface area (Å²) in [5.41, 5.74) is 4.50. The standard InChI is InChI=1S/C9H20F3N3O2S/c1-7(2)4-8(3,5-13)15-18(16,17)14-6-9(10,11)12/h7,14-15H,4-6,13H2,1-3H3. The molecule has 0 bridgehead atoms. The Morgan fingerprint density at radius 3 is 2.11 bits per heavy atom. The van der Waals surface area contributed by atoms with E-state index in [1.807, 2.05) is 13.8 Å². The minimum atomic E-state index is -4.59. The molecule has 5 nitrogen and oxygen atoms in total. The molecule has 9 heteroatoms. The minimum absolute atomic E-state index is 0.00188. The van der Waals surface area contributed by atoms with Crippen LogP contribution >= 0.6 is 0 Å². The summed E-state index contributed by atoms with van der Waals surface area (Å²) in [5.74, 6) is 0.156. The summed E-state index contributed by atoms with van der Waals surface area (Å²) in [4.78, 5) is 0. The van der Waals surface area contributed by atoms with Crippen molar-refractivity contribution in [2.75, 3.05) is 13.1 Å². The molecule has 1 atom stereocenters. The van der Waals surface area contributed by atoms with Gasteiger partial charge in [-0.3, -0.25) is 0 Å². The van der Waals surface area contributed by atoms with E-state index in [9.17, 15) is 21.6 Å². The Kier molecular flexibility index (Phi) is 6.05. The van der Waals surface area contributed by atoms with Crippen LogP contribution < -0.4 is 15.2 Å². The zero-order valence-electron chi connectivity index (χ0n) is 10.6. The number of hydrogen-bond donors (Lipinski definition) is 3. The van der Waals surface area contributed by atoms with Gasteiger partial charge in [0.1, 0.15) is 6.54 Å². The van der Waals surface area contributed by atoms with Crippen molar-refractivity contribution < 1.29 is 21.6 Å². The molecule has 0 spiro atoms. The van der Waals surface area contributed by atoms with Crippen LogP contribution in [0.1, 0.15) is 27.2 Å². The first kappa shape index (κ1) is 17.6. The number of halogens is 3. The van der Waals surface area contributed by atoms with Crippen LogP contribution in [0.25, 0.3) is 0 Å². The number of nitrogens with two attached hydrogens (primary N) is 1. The average Bonchev–Trinajstić information content (AvgIpc) is 2.12. The first-order valence-corrected chi connectivity index (χ1v) is 6.93. The van der Waals surface area contributed by atoms with Gasteiger partial charge in [-0.2, -0.15) is 31.0 Å². The molecule has 0 aliphatic rings. The minimum Gasteiger partial charge on any atom is -0.329 e. The Hall–Kier alpha value is -0.380. The van der Waals surface area contributed by atoms with E-state index in [1.165, 1.54) is 4.72 Å². The molecule has 0 fully saturated rings. The molecule has 0 radical (unpaired) electrons. The zero-order chi connectivity index (χ0) is 14.6. The second-order valence-electron chi connectivity index (χ2n) is 4.90. The Morgan fingerprint density at radius 1 is 1.28 bits per heavy atom. The highest BCUT2D eigenvalue weighted by Crippen LogP contribution is 2.17. The number of nitrogens with one attached hydrogen (secondary N) is 2. The fourth-order valence-electron chi connectivity index (χ4n) is 1.61. The maximum absolute atomic E-state index is 11.9. The lowest BCUT2D eigenvalue weighted by Gasteiger charge is -2.30. The van der Waals surface area contributed by atoms with Crippen molar-refractivity contribution in [3.8, 4) is 0 Å². The Morgan fingerprint density at radius 2 is 1.78 bits per heavy atom. The van der Waals surface area contributed by atoms with Crippen molar-refractivity contribution in [2.45, 2.75) is 38.9 Å². The van der Waals surface area contributed by atoms with Crippen molar-refractivity contribution in [3.63, 3.8) is 0 Å². The van der Waals surface area contributed by atoms with Gasteiger partial charge in [-0.25, -0.2) is 0 Å². The van der Waals surface area contributed by atoms with Crippen molar-refractivity contribution in [3.05, 3.63) is 0 Å². The van der Waals surface area contributed by atoms with E-state index in [-0.39, 0.29) is 12.5 Å². The van der Waals surface area contributed by atoms with E-state index < -0.39 is 28.5 Å². The zero-order valence-corrected chi connectivity index (χ0v) is 11.5. The molecule has 0 aliphatic carbocycles. The van der Waals surface area contributed by atoms with Crippen LogP contribution in [0, 0.1) is 5.92 Å². The van der Waals surface area contributed by atoms with Crippen LogP contribution in [-0.4, -0.2) is 33.2 Å². The molecule has 0 heterocycles. The molecule has 0 saturated carbocycles. The predicted octanol–water partition coefficient (Wildman–Crippen LogP) is 0.736. The molecular formula is C9H20F3N3O2S. The number of rotatable bonds is 7. The smallest absolute Gasteiger partial charge is 0.329 e. The fraction of sp³-hybridized carbons (Fsp3) is 1.00. The third-order valence-corrected chi connectivity index (χ3v) is 3.44. The van der Waals surface area contributed by atoms with Crippen molar-refractivity contribution in [2.24, 2.45) is 11.7 Å². The summed E-state index contributed by atoms with van der Waals surface area (Å²) < 4.78 is 62.3. The first-order valence-electron chi connectivity index (χ1n) is 5.44. The van der Waals surface area contributed by atoms with Gasteiger partial charge in [0.05, 0.1) is 0 Å². The highest BCUT2D eigenvalue weighted by atomic mass is 32.2. The maximum atomic E-state index is 11.9. The van der Waals surface area contributed by atoms with Crippen LogP contribution in [0.4, 0.5) is 13.2 Å². The molecule has 1 unspecified atom stereocenters. The Balaban J connectivity index is 4.63. The molecule has 18 heavy (non-hydrogen) atoms. The van der Waals surface area contributed by atoms with Crippen molar-refractivity contribution >= 4 is 10.2 Å². The van der Waals surface area contributed by atoms with E-state index >= 15 is 0 Å². The largest absolute Gasteiger partial charge is 0.402 e. The van der Waals surface area contributed by atoms with E-state index in [2.05, 4.69) is 4.72 Å². The SMILES string of the molecule is CC(C)CC(C)(CN)NS(=O)(=O)NCC(F)(F)F. The maximum Gasteiger partial charge on any atom is 0.402 e. The Bertz CT molecular complexity index is 357. The molecule has 0 aromatic heterocycles. The van der Waals surface area contributed by atoms with E-state index in [1.54, 1.807) is 6.92 Å². The van der Waals surface area contributed by atoms with Gasteiger partial charge in [0, 0.05) is 12.1 Å². The van der Waals surface area contributed by atoms with E-state index in [0.717, 1.165) is 0 Å². The van der Waals surface area contributed by atoms with Crippen LogP contribution in [0.5, 0.6) is 0 Å². The average molecular weight is 291 g/mol.